The fourth-order valence-electron chi connectivity index (χ4n) is 3.25. The molecule has 0 saturated carbocycles. The molecule has 1 aliphatic rings. The van der Waals surface area contributed by atoms with Gasteiger partial charge in [-0.25, -0.2) is 4.79 Å². The van der Waals surface area contributed by atoms with Gasteiger partial charge in [0.2, 0.25) is 5.91 Å². The number of amides is 1. The average Bonchev–Trinajstić information content (AvgIpc) is 2.71. The van der Waals surface area contributed by atoms with Crippen LogP contribution in [0.4, 0.5) is 5.69 Å². The van der Waals surface area contributed by atoms with E-state index in [1.165, 1.54) is 7.11 Å². The van der Waals surface area contributed by atoms with Gasteiger partial charge in [0.05, 0.1) is 18.6 Å². The van der Waals surface area contributed by atoms with Crippen molar-refractivity contribution in [3.8, 4) is 11.5 Å². The van der Waals surface area contributed by atoms with Crippen molar-refractivity contribution in [1.29, 1.82) is 0 Å². The summed E-state index contributed by atoms with van der Waals surface area (Å²) in [5, 5.41) is 2.91. The zero-order valence-corrected chi connectivity index (χ0v) is 14.6. The maximum atomic E-state index is 13.2. The van der Waals surface area contributed by atoms with Gasteiger partial charge in [0.15, 0.2) is 0 Å². The molecule has 1 N–H and O–H groups in total. The molecule has 5 nitrogen and oxygen atoms in total. The van der Waals surface area contributed by atoms with Gasteiger partial charge in [-0.15, -0.1) is 0 Å². The Bertz CT molecular complexity index is 983. The van der Waals surface area contributed by atoms with Crippen LogP contribution in [0.25, 0.3) is 0 Å². The highest BCUT2D eigenvalue weighted by Gasteiger charge is 2.32. The van der Waals surface area contributed by atoms with E-state index in [1.807, 2.05) is 48.5 Å². The summed E-state index contributed by atoms with van der Waals surface area (Å²) in [6, 6.07) is 21.7. The van der Waals surface area contributed by atoms with E-state index in [4.69, 9.17) is 9.47 Å². The highest BCUT2D eigenvalue weighted by atomic mass is 16.5. The van der Waals surface area contributed by atoms with Gasteiger partial charge in [-0.05, 0) is 30.3 Å². The minimum atomic E-state index is -0.507. The van der Waals surface area contributed by atoms with Crippen molar-refractivity contribution in [3.05, 3.63) is 89.5 Å². The van der Waals surface area contributed by atoms with Gasteiger partial charge < -0.3 is 14.8 Å². The maximum absolute atomic E-state index is 13.2. The van der Waals surface area contributed by atoms with E-state index in [2.05, 4.69) is 5.32 Å². The standard InChI is InChI=1S/C22H17NO4/c1-26-22(25)14-7-6-8-15(13-14)23-21(24)20-16-9-2-4-11-18(16)27-19-12-5-3-10-17(19)20/h2-13,20H,1H3,(H,23,24). The largest absolute Gasteiger partial charge is 0.465 e. The SMILES string of the molecule is COC(=O)c1cccc(NC(=O)C2c3ccccc3Oc3ccccc32)c1. The van der Waals surface area contributed by atoms with Crippen LogP contribution in [0.2, 0.25) is 0 Å². The number of carbonyl (C=O) groups is 2. The Morgan fingerprint density at radius 1 is 0.889 bits per heavy atom. The monoisotopic (exact) mass is 359 g/mol. The molecule has 0 unspecified atom stereocenters. The van der Waals surface area contributed by atoms with Gasteiger partial charge in [-0.3, -0.25) is 4.79 Å². The number of carbonyl (C=O) groups excluding carboxylic acids is 2. The Morgan fingerprint density at radius 2 is 1.52 bits per heavy atom. The Hall–Kier alpha value is -3.60. The number of methoxy groups -OCH3 is 1. The number of hydrogen-bond acceptors (Lipinski definition) is 4. The lowest BCUT2D eigenvalue weighted by Gasteiger charge is -2.27. The van der Waals surface area contributed by atoms with Gasteiger partial charge >= 0.3 is 5.97 Å². The second-order valence-electron chi connectivity index (χ2n) is 6.17. The lowest BCUT2D eigenvalue weighted by atomic mass is 9.87. The number of ether oxygens (including phenoxy) is 2. The van der Waals surface area contributed by atoms with Crippen molar-refractivity contribution in [1.82, 2.24) is 0 Å². The molecule has 0 radical (unpaired) electrons. The Kier molecular flexibility index (Phi) is 4.34. The minimum Gasteiger partial charge on any atom is -0.465 e. The molecule has 3 aromatic carbocycles. The molecule has 3 aromatic rings. The summed E-state index contributed by atoms with van der Waals surface area (Å²) >= 11 is 0. The molecule has 0 aliphatic carbocycles. The molecule has 0 bridgehead atoms. The van der Waals surface area contributed by atoms with Crippen molar-refractivity contribution in [2.75, 3.05) is 12.4 Å². The van der Waals surface area contributed by atoms with Gasteiger partial charge in [0.1, 0.15) is 11.5 Å². The molecule has 0 fully saturated rings. The van der Waals surface area contributed by atoms with E-state index < -0.39 is 11.9 Å². The number of nitrogens with one attached hydrogen (secondary N) is 1. The molecule has 1 aliphatic heterocycles. The van der Waals surface area contributed by atoms with Crippen LogP contribution in [0.1, 0.15) is 27.4 Å². The van der Waals surface area contributed by atoms with Crippen LogP contribution in [0.15, 0.2) is 72.8 Å². The van der Waals surface area contributed by atoms with Crippen LogP contribution >= 0.6 is 0 Å². The first kappa shape index (κ1) is 16.8. The van der Waals surface area contributed by atoms with Crippen molar-refractivity contribution < 1.29 is 19.1 Å². The molecule has 1 heterocycles. The first-order chi connectivity index (χ1) is 13.2. The van der Waals surface area contributed by atoms with E-state index in [-0.39, 0.29) is 5.91 Å². The number of anilines is 1. The molecular weight excluding hydrogens is 342 g/mol. The molecule has 27 heavy (non-hydrogen) atoms. The van der Waals surface area contributed by atoms with Crippen LogP contribution in [0, 0.1) is 0 Å². The molecule has 134 valence electrons. The number of para-hydroxylation sites is 2. The number of fused-ring (bicyclic) bond motifs is 2. The number of esters is 1. The van der Waals surface area contributed by atoms with E-state index in [1.54, 1.807) is 24.3 Å². The van der Waals surface area contributed by atoms with Crippen LogP contribution in [0.5, 0.6) is 11.5 Å². The quantitative estimate of drug-likeness (QED) is 0.706. The van der Waals surface area contributed by atoms with Crippen molar-refractivity contribution in [3.63, 3.8) is 0 Å². The lowest BCUT2D eigenvalue weighted by Crippen LogP contribution is -2.25. The second-order valence-corrected chi connectivity index (χ2v) is 6.17. The highest BCUT2D eigenvalue weighted by molar-refractivity contribution is 6.00. The first-order valence-corrected chi connectivity index (χ1v) is 8.52. The van der Waals surface area contributed by atoms with Gasteiger partial charge in [0.25, 0.3) is 0 Å². The summed E-state index contributed by atoms with van der Waals surface area (Å²) in [5.74, 6) is 0.181. The molecule has 0 atom stereocenters. The van der Waals surface area contributed by atoms with Gasteiger partial charge in [-0.2, -0.15) is 0 Å². The summed E-state index contributed by atoms with van der Waals surface area (Å²) < 4.78 is 10.7. The molecule has 0 saturated heterocycles. The molecule has 0 aromatic heterocycles. The molecule has 0 spiro atoms. The van der Waals surface area contributed by atoms with E-state index in [0.717, 1.165) is 11.1 Å². The fourth-order valence-corrected chi connectivity index (χ4v) is 3.25. The minimum absolute atomic E-state index is 0.194. The lowest BCUT2D eigenvalue weighted by molar-refractivity contribution is -0.116. The normalized spacial score (nSPS) is 12.3. The number of rotatable bonds is 3. The Labute approximate surface area is 156 Å². The van der Waals surface area contributed by atoms with E-state index in [9.17, 15) is 9.59 Å². The zero-order chi connectivity index (χ0) is 18.8. The zero-order valence-electron chi connectivity index (χ0n) is 14.6. The summed E-state index contributed by atoms with van der Waals surface area (Å²) in [4.78, 5) is 24.9. The molecule has 5 heteroatoms. The summed E-state index contributed by atoms with van der Waals surface area (Å²) in [6.45, 7) is 0. The van der Waals surface area contributed by atoms with Crippen LogP contribution in [0.3, 0.4) is 0 Å². The summed E-state index contributed by atoms with van der Waals surface area (Å²) in [6.07, 6.45) is 0. The number of hydrogen-bond donors (Lipinski definition) is 1. The molecule has 4 rings (SSSR count). The van der Waals surface area contributed by atoms with Crippen molar-refractivity contribution in [2.24, 2.45) is 0 Å². The van der Waals surface area contributed by atoms with Crippen LogP contribution < -0.4 is 10.1 Å². The summed E-state index contributed by atoms with van der Waals surface area (Å²) in [7, 11) is 1.32. The third-order valence-electron chi connectivity index (χ3n) is 4.49. The van der Waals surface area contributed by atoms with Crippen molar-refractivity contribution in [2.45, 2.75) is 5.92 Å². The van der Waals surface area contributed by atoms with E-state index in [0.29, 0.717) is 22.7 Å². The topological polar surface area (TPSA) is 64.6 Å². The van der Waals surface area contributed by atoms with Gasteiger partial charge in [-0.1, -0.05) is 42.5 Å². The third-order valence-corrected chi connectivity index (χ3v) is 4.49. The van der Waals surface area contributed by atoms with E-state index >= 15 is 0 Å². The molecular formula is C22H17NO4. The maximum Gasteiger partial charge on any atom is 0.337 e. The van der Waals surface area contributed by atoms with Crippen molar-refractivity contribution >= 4 is 17.6 Å². The fraction of sp³-hybridized carbons (Fsp3) is 0.0909. The highest BCUT2D eigenvalue weighted by Crippen LogP contribution is 2.44. The first-order valence-electron chi connectivity index (χ1n) is 8.52. The predicted octanol–water partition coefficient (Wildman–Crippen LogP) is 4.35. The Balaban J connectivity index is 1.69. The predicted molar refractivity (Wildman–Crippen MR) is 101 cm³/mol. The van der Waals surface area contributed by atoms with Gasteiger partial charge in [0, 0.05) is 16.8 Å². The number of benzene rings is 3. The smallest absolute Gasteiger partial charge is 0.337 e. The van der Waals surface area contributed by atoms with Crippen LogP contribution in [-0.2, 0) is 9.53 Å². The Morgan fingerprint density at radius 3 is 2.15 bits per heavy atom. The third kappa shape index (κ3) is 3.15. The molecule has 1 amide bonds. The summed E-state index contributed by atoms with van der Waals surface area (Å²) in [5.41, 5.74) is 2.52. The van der Waals surface area contributed by atoms with Crippen LogP contribution in [-0.4, -0.2) is 19.0 Å². The average molecular weight is 359 g/mol. The second kappa shape index (κ2) is 6.96.